The number of nitro groups is 1. The van der Waals surface area contributed by atoms with E-state index in [1.807, 2.05) is 13.8 Å². The highest BCUT2D eigenvalue weighted by atomic mass is 16.7. The summed E-state index contributed by atoms with van der Waals surface area (Å²) in [6.45, 7) is 4.97. The minimum absolute atomic E-state index is 0.105. The summed E-state index contributed by atoms with van der Waals surface area (Å²) in [5, 5.41) is 28.0. The molecule has 0 heterocycles. The van der Waals surface area contributed by atoms with Crippen LogP contribution in [0.1, 0.15) is 13.8 Å². The van der Waals surface area contributed by atoms with Gasteiger partial charge in [-0.25, -0.2) is 0 Å². The second-order valence-electron chi connectivity index (χ2n) is 5.04. The minimum atomic E-state index is -0.864. The minimum Gasteiger partial charge on any atom is -0.491 e. The molecule has 2 N–H and O–H groups in total. The number of benzene rings is 1. The Hall–Kier alpha value is -2.26. The van der Waals surface area contributed by atoms with E-state index in [4.69, 9.17) is 9.47 Å². The Bertz CT molecular complexity index is 492. The highest BCUT2D eigenvalue weighted by Gasteiger charge is 2.06. The van der Waals surface area contributed by atoms with Crippen LogP contribution in [0.15, 0.2) is 34.6 Å². The molecule has 0 aliphatic heterocycles. The first-order chi connectivity index (χ1) is 11.0. The molecule has 0 amide bonds. The van der Waals surface area contributed by atoms with Crippen molar-refractivity contribution in [1.82, 2.24) is 5.32 Å². The fourth-order valence-corrected chi connectivity index (χ4v) is 1.56. The third kappa shape index (κ3) is 9.38. The smallest absolute Gasteiger partial charge is 0.191 e. The molecule has 0 radical (unpaired) electrons. The molecule has 0 aromatic heterocycles. The first-order valence-corrected chi connectivity index (χ1v) is 7.26. The van der Waals surface area contributed by atoms with Crippen molar-refractivity contribution in [1.29, 1.82) is 0 Å². The number of aliphatic hydroxyl groups is 1. The van der Waals surface area contributed by atoms with Crippen LogP contribution in [0.5, 0.6) is 11.5 Å². The molecule has 0 aliphatic rings. The Morgan fingerprint density at radius 2 is 1.87 bits per heavy atom. The van der Waals surface area contributed by atoms with E-state index in [1.54, 1.807) is 24.3 Å². The van der Waals surface area contributed by atoms with Gasteiger partial charge in [-0.15, -0.1) is 0 Å². The first kappa shape index (κ1) is 18.8. The lowest BCUT2D eigenvalue weighted by molar-refractivity contribution is -0.494. The highest BCUT2D eigenvalue weighted by Crippen LogP contribution is 2.17. The quantitative estimate of drug-likeness (QED) is 0.275. The van der Waals surface area contributed by atoms with E-state index in [0.717, 1.165) is 0 Å². The third-order valence-electron chi connectivity index (χ3n) is 2.62. The summed E-state index contributed by atoms with van der Waals surface area (Å²) < 4.78 is 10.8. The van der Waals surface area contributed by atoms with Crippen molar-refractivity contribution in [3.8, 4) is 11.5 Å². The molecule has 0 saturated carbocycles. The van der Waals surface area contributed by atoms with Crippen LogP contribution in [0, 0.1) is 10.1 Å². The van der Waals surface area contributed by atoms with Crippen LogP contribution < -0.4 is 14.8 Å². The van der Waals surface area contributed by atoms with Crippen molar-refractivity contribution >= 4 is 0 Å². The lowest BCUT2D eigenvalue weighted by Crippen LogP contribution is -2.35. The van der Waals surface area contributed by atoms with Gasteiger partial charge in [-0.05, 0) is 24.3 Å². The molecule has 1 aromatic carbocycles. The normalized spacial score (nSPS) is 12.5. The van der Waals surface area contributed by atoms with Gasteiger partial charge in [0.15, 0.2) is 11.8 Å². The molecule has 23 heavy (non-hydrogen) atoms. The van der Waals surface area contributed by atoms with Crippen LogP contribution in [0.25, 0.3) is 0 Å². The largest absolute Gasteiger partial charge is 0.491 e. The standard InChI is InChI=1S/C14H22N4O5/c1-11(2)15-9-12(19)10-23-14-5-3-13(4-6-14)22-8-7-16-17-18(20)21/h3-6,11-12,15,19H,7-10H2,1-2H3. The summed E-state index contributed by atoms with van der Waals surface area (Å²) in [6.07, 6.45) is -0.583. The molecule has 1 aromatic rings. The van der Waals surface area contributed by atoms with Gasteiger partial charge in [0.2, 0.25) is 0 Å². The summed E-state index contributed by atoms with van der Waals surface area (Å²) in [7, 11) is 0. The van der Waals surface area contributed by atoms with Crippen LogP contribution in [-0.4, -0.2) is 48.6 Å². The lowest BCUT2D eigenvalue weighted by atomic mass is 10.3. The third-order valence-corrected chi connectivity index (χ3v) is 2.62. The van der Waals surface area contributed by atoms with Gasteiger partial charge in [-0.2, -0.15) is 0 Å². The Morgan fingerprint density at radius 3 is 2.43 bits per heavy atom. The van der Waals surface area contributed by atoms with E-state index < -0.39 is 11.1 Å². The summed E-state index contributed by atoms with van der Waals surface area (Å²) in [5.74, 6) is 1.21. The SMILES string of the molecule is CC(C)NCC(O)COc1ccc(OCCN=N[N+](=O)[O-])cc1. The average Bonchev–Trinajstić information content (AvgIpc) is 2.51. The molecule has 9 heteroatoms. The molecule has 128 valence electrons. The monoisotopic (exact) mass is 326 g/mol. The molecule has 1 rings (SSSR count). The molecule has 0 spiro atoms. The van der Waals surface area contributed by atoms with Gasteiger partial charge in [0, 0.05) is 17.7 Å². The number of rotatable bonds is 11. The fraction of sp³-hybridized carbons (Fsp3) is 0.571. The van der Waals surface area contributed by atoms with Crippen LogP contribution in [0.2, 0.25) is 0 Å². The molecule has 0 bridgehead atoms. The van der Waals surface area contributed by atoms with Crippen LogP contribution >= 0.6 is 0 Å². The molecule has 0 aliphatic carbocycles. The zero-order valence-corrected chi connectivity index (χ0v) is 13.2. The van der Waals surface area contributed by atoms with Crippen molar-refractivity contribution in [2.45, 2.75) is 26.0 Å². The fourth-order valence-electron chi connectivity index (χ4n) is 1.56. The topological polar surface area (TPSA) is 119 Å². The second-order valence-corrected chi connectivity index (χ2v) is 5.04. The van der Waals surface area contributed by atoms with Crippen molar-refractivity contribution < 1.29 is 19.6 Å². The van der Waals surface area contributed by atoms with Gasteiger partial charge in [0.05, 0.1) is 5.03 Å². The van der Waals surface area contributed by atoms with E-state index in [-0.39, 0.29) is 19.8 Å². The van der Waals surface area contributed by atoms with Crippen molar-refractivity contribution in [2.24, 2.45) is 10.3 Å². The number of ether oxygens (including phenoxy) is 2. The predicted octanol–water partition coefficient (Wildman–Crippen LogP) is 1.45. The molecular weight excluding hydrogens is 304 g/mol. The Balaban J connectivity index is 2.26. The van der Waals surface area contributed by atoms with Crippen LogP contribution in [-0.2, 0) is 0 Å². The van der Waals surface area contributed by atoms with Crippen molar-refractivity contribution in [3.63, 3.8) is 0 Å². The zero-order chi connectivity index (χ0) is 17.1. The van der Waals surface area contributed by atoms with Gasteiger partial charge in [0.1, 0.15) is 30.8 Å². The maximum atomic E-state index is 9.92. The Labute approximate surface area is 134 Å². The molecule has 0 saturated heterocycles. The summed E-state index contributed by atoms with van der Waals surface area (Å²) in [4.78, 5) is 9.92. The predicted molar refractivity (Wildman–Crippen MR) is 83.3 cm³/mol. The number of hydrogen-bond acceptors (Lipinski definition) is 7. The molecule has 9 nitrogen and oxygen atoms in total. The lowest BCUT2D eigenvalue weighted by Gasteiger charge is -2.15. The molecule has 0 fully saturated rings. The maximum absolute atomic E-state index is 9.92. The summed E-state index contributed by atoms with van der Waals surface area (Å²) in [6, 6.07) is 7.16. The van der Waals surface area contributed by atoms with Crippen LogP contribution in [0.4, 0.5) is 0 Å². The van der Waals surface area contributed by atoms with Gasteiger partial charge in [0.25, 0.3) is 0 Å². The summed E-state index contributed by atoms with van der Waals surface area (Å²) >= 11 is 0. The Kier molecular flexibility index (Phi) is 8.55. The first-order valence-electron chi connectivity index (χ1n) is 7.26. The van der Waals surface area contributed by atoms with Gasteiger partial charge < -0.3 is 30.0 Å². The number of aliphatic hydroxyl groups excluding tert-OH is 1. The van der Waals surface area contributed by atoms with Gasteiger partial charge >= 0.3 is 0 Å². The van der Waals surface area contributed by atoms with E-state index in [0.29, 0.717) is 24.1 Å². The summed E-state index contributed by atoms with van der Waals surface area (Å²) in [5.41, 5.74) is 0. The Morgan fingerprint density at radius 1 is 1.26 bits per heavy atom. The van der Waals surface area contributed by atoms with Crippen LogP contribution in [0.3, 0.4) is 0 Å². The zero-order valence-electron chi connectivity index (χ0n) is 13.2. The van der Waals surface area contributed by atoms with Crippen molar-refractivity contribution in [3.05, 3.63) is 34.4 Å². The molecule has 1 unspecified atom stereocenters. The van der Waals surface area contributed by atoms with E-state index >= 15 is 0 Å². The molecular formula is C14H22N4O5. The highest BCUT2D eigenvalue weighted by molar-refractivity contribution is 5.31. The second kappa shape index (κ2) is 10.5. The molecule has 1 atom stereocenters. The number of nitrogens with one attached hydrogen (secondary N) is 1. The van der Waals surface area contributed by atoms with E-state index in [1.165, 1.54) is 0 Å². The van der Waals surface area contributed by atoms with E-state index in [2.05, 4.69) is 15.7 Å². The number of nitrogens with zero attached hydrogens (tertiary/aromatic N) is 3. The average molecular weight is 326 g/mol. The van der Waals surface area contributed by atoms with Gasteiger partial charge in [-0.3, -0.25) is 0 Å². The maximum Gasteiger partial charge on any atom is 0.191 e. The van der Waals surface area contributed by atoms with E-state index in [9.17, 15) is 15.2 Å². The van der Waals surface area contributed by atoms with Crippen molar-refractivity contribution in [2.75, 3.05) is 26.3 Å². The van der Waals surface area contributed by atoms with Gasteiger partial charge in [-0.1, -0.05) is 13.8 Å². The number of hydrogen-bond donors (Lipinski definition) is 2.